The highest BCUT2D eigenvalue weighted by molar-refractivity contribution is 6.30. The van der Waals surface area contributed by atoms with Crippen LogP contribution in [0.1, 0.15) is 41.6 Å². The lowest BCUT2D eigenvalue weighted by molar-refractivity contribution is -0.121. The van der Waals surface area contributed by atoms with Crippen molar-refractivity contribution in [3.8, 4) is 0 Å². The number of halogens is 1. The van der Waals surface area contributed by atoms with Crippen LogP contribution in [-0.2, 0) is 11.3 Å². The van der Waals surface area contributed by atoms with Crippen LogP contribution in [0.3, 0.4) is 0 Å². The van der Waals surface area contributed by atoms with E-state index >= 15 is 0 Å². The molecule has 2 aromatic rings. The number of hydrogen-bond acceptors (Lipinski definition) is 4. The van der Waals surface area contributed by atoms with E-state index < -0.39 is 0 Å². The quantitative estimate of drug-likeness (QED) is 0.620. The molecule has 2 saturated heterocycles. The number of piperidine rings is 1. The van der Waals surface area contributed by atoms with Gasteiger partial charge in [0.1, 0.15) is 0 Å². The number of nitrogens with zero attached hydrogens (tertiary/aromatic N) is 1. The van der Waals surface area contributed by atoms with Crippen molar-refractivity contribution in [2.45, 2.75) is 50.4 Å². The molecule has 0 aliphatic carbocycles. The highest BCUT2D eigenvalue weighted by Crippen LogP contribution is 2.36. The van der Waals surface area contributed by atoms with Crippen molar-refractivity contribution in [2.24, 2.45) is 0 Å². The normalized spacial score (nSPS) is 23.2. The number of para-hydroxylation sites is 1. The molecular formula is C23H27ClN4O2. The van der Waals surface area contributed by atoms with Crippen LogP contribution < -0.4 is 16.4 Å². The largest absolute Gasteiger partial charge is 0.398 e. The first kappa shape index (κ1) is 20.7. The maximum atomic E-state index is 12.4. The molecule has 158 valence electrons. The van der Waals surface area contributed by atoms with Gasteiger partial charge in [0.15, 0.2) is 0 Å². The molecule has 0 spiro atoms. The van der Waals surface area contributed by atoms with Crippen LogP contribution in [0.2, 0.25) is 5.02 Å². The Hall–Kier alpha value is -2.57. The Morgan fingerprint density at radius 2 is 1.70 bits per heavy atom. The molecule has 1 unspecified atom stereocenters. The first-order valence-corrected chi connectivity index (χ1v) is 10.8. The van der Waals surface area contributed by atoms with E-state index in [0.29, 0.717) is 23.3 Å². The zero-order valence-corrected chi connectivity index (χ0v) is 17.6. The maximum Gasteiger partial charge on any atom is 0.253 e. The van der Waals surface area contributed by atoms with Gasteiger partial charge in [-0.05, 0) is 55.5 Å². The molecule has 6 nitrogen and oxygen atoms in total. The van der Waals surface area contributed by atoms with Gasteiger partial charge < -0.3 is 16.4 Å². The molecule has 3 atom stereocenters. The number of carbonyl (C=O) groups excluding carboxylic acids is 2. The van der Waals surface area contributed by atoms with Gasteiger partial charge >= 0.3 is 0 Å². The number of carbonyl (C=O) groups is 2. The third-order valence-electron chi connectivity index (χ3n) is 6.14. The highest BCUT2D eigenvalue weighted by atomic mass is 35.5. The lowest BCUT2D eigenvalue weighted by Crippen LogP contribution is -2.51. The summed E-state index contributed by atoms with van der Waals surface area (Å²) in [6.45, 7) is 0.870. The van der Waals surface area contributed by atoms with Crippen molar-refractivity contribution in [2.75, 3.05) is 12.3 Å². The summed E-state index contributed by atoms with van der Waals surface area (Å²) in [6, 6.07) is 16.0. The summed E-state index contributed by atoms with van der Waals surface area (Å²) >= 11 is 5.99. The zero-order chi connectivity index (χ0) is 21.1. The van der Waals surface area contributed by atoms with Crippen LogP contribution in [0.4, 0.5) is 5.69 Å². The minimum atomic E-state index is -0.332. The van der Waals surface area contributed by atoms with Crippen LogP contribution in [0.25, 0.3) is 0 Å². The Morgan fingerprint density at radius 3 is 2.37 bits per heavy atom. The molecular weight excluding hydrogens is 400 g/mol. The number of nitrogens with one attached hydrogen (secondary N) is 2. The van der Waals surface area contributed by atoms with E-state index in [-0.39, 0.29) is 24.4 Å². The summed E-state index contributed by atoms with van der Waals surface area (Å²) in [7, 11) is 0. The molecule has 4 rings (SSSR count). The minimum Gasteiger partial charge on any atom is -0.398 e. The number of anilines is 1. The zero-order valence-electron chi connectivity index (χ0n) is 16.8. The summed E-state index contributed by atoms with van der Waals surface area (Å²) in [4.78, 5) is 27.2. The Kier molecular flexibility index (Phi) is 6.25. The van der Waals surface area contributed by atoms with Crippen molar-refractivity contribution in [1.82, 2.24) is 15.5 Å². The van der Waals surface area contributed by atoms with Crippen molar-refractivity contribution < 1.29 is 9.59 Å². The third kappa shape index (κ3) is 4.77. The van der Waals surface area contributed by atoms with Gasteiger partial charge in [0.2, 0.25) is 5.91 Å². The van der Waals surface area contributed by atoms with E-state index in [0.717, 1.165) is 37.3 Å². The second-order valence-electron chi connectivity index (χ2n) is 8.19. The first-order valence-electron chi connectivity index (χ1n) is 10.4. The van der Waals surface area contributed by atoms with E-state index in [2.05, 4.69) is 27.7 Å². The molecule has 7 heteroatoms. The van der Waals surface area contributed by atoms with E-state index in [9.17, 15) is 9.59 Å². The standard InChI is InChI=1S/C23H27ClN4O2/c24-16-7-5-15(6-8-16)14-28-18-9-10-19(28)12-17(11-18)27-22(29)13-26-23(30)20-3-1-2-4-21(20)25/h1-8,17-19H,9-14,25H2,(H,26,30)(H,27,29)/t17?,18-,19+. The van der Waals surface area contributed by atoms with Crippen LogP contribution >= 0.6 is 11.6 Å². The van der Waals surface area contributed by atoms with Gasteiger partial charge in [0.25, 0.3) is 5.91 Å². The Labute approximate surface area is 181 Å². The number of nitrogens with two attached hydrogens (primary N) is 1. The van der Waals surface area contributed by atoms with Gasteiger partial charge in [-0.1, -0.05) is 35.9 Å². The summed E-state index contributed by atoms with van der Waals surface area (Å²) in [5.41, 5.74) is 7.87. The average Bonchev–Trinajstić information content (AvgIpc) is 2.96. The molecule has 2 aliphatic rings. The number of rotatable bonds is 6. The second-order valence-corrected chi connectivity index (χ2v) is 8.63. The summed E-state index contributed by atoms with van der Waals surface area (Å²) in [5, 5.41) is 6.52. The predicted molar refractivity (Wildman–Crippen MR) is 118 cm³/mol. The maximum absolute atomic E-state index is 12.4. The highest BCUT2D eigenvalue weighted by Gasteiger charge is 2.40. The molecule has 0 saturated carbocycles. The molecule has 2 bridgehead atoms. The lowest BCUT2D eigenvalue weighted by Gasteiger charge is -2.39. The molecule has 2 aliphatic heterocycles. The number of amides is 2. The van der Waals surface area contributed by atoms with Crippen LogP contribution in [0.15, 0.2) is 48.5 Å². The molecule has 2 aromatic carbocycles. The first-order chi connectivity index (χ1) is 14.5. The van der Waals surface area contributed by atoms with Crippen LogP contribution in [0.5, 0.6) is 0 Å². The molecule has 4 N–H and O–H groups in total. The number of hydrogen-bond donors (Lipinski definition) is 3. The fraction of sp³-hybridized carbons (Fsp3) is 0.391. The van der Waals surface area contributed by atoms with Gasteiger partial charge in [-0.15, -0.1) is 0 Å². The molecule has 2 amide bonds. The molecule has 0 radical (unpaired) electrons. The van der Waals surface area contributed by atoms with E-state index in [1.807, 2.05) is 12.1 Å². The summed E-state index contributed by atoms with van der Waals surface area (Å²) in [5.74, 6) is -0.491. The Bertz CT molecular complexity index is 904. The third-order valence-corrected chi connectivity index (χ3v) is 6.39. The summed E-state index contributed by atoms with van der Waals surface area (Å²) in [6.07, 6.45) is 4.20. The Balaban J connectivity index is 1.26. The van der Waals surface area contributed by atoms with E-state index in [4.69, 9.17) is 17.3 Å². The minimum absolute atomic E-state index is 0.0481. The van der Waals surface area contributed by atoms with Gasteiger partial charge in [-0.3, -0.25) is 14.5 Å². The number of benzene rings is 2. The average molecular weight is 427 g/mol. The molecule has 30 heavy (non-hydrogen) atoms. The smallest absolute Gasteiger partial charge is 0.253 e. The SMILES string of the molecule is Nc1ccccc1C(=O)NCC(=O)NC1C[C@H]2CC[C@@H](C1)N2Cc1ccc(Cl)cc1. The van der Waals surface area contributed by atoms with Crippen LogP contribution in [-0.4, -0.2) is 41.4 Å². The van der Waals surface area contributed by atoms with Gasteiger partial charge in [-0.2, -0.15) is 0 Å². The molecule has 0 aromatic heterocycles. The fourth-order valence-electron chi connectivity index (χ4n) is 4.69. The molecule has 2 fully saturated rings. The van der Waals surface area contributed by atoms with Gasteiger partial charge in [0.05, 0.1) is 12.1 Å². The topological polar surface area (TPSA) is 87.5 Å². The number of fused-ring (bicyclic) bond motifs is 2. The van der Waals surface area contributed by atoms with E-state index in [1.54, 1.807) is 24.3 Å². The van der Waals surface area contributed by atoms with Crippen molar-refractivity contribution >= 4 is 29.1 Å². The fourth-order valence-corrected chi connectivity index (χ4v) is 4.82. The lowest BCUT2D eigenvalue weighted by atomic mass is 9.96. The van der Waals surface area contributed by atoms with Crippen molar-refractivity contribution in [3.05, 3.63) is 64.7 Å². The summed E-state index contributed by atoms with van der Waals surface area (Å²) < 4.78 is 0. The van der Waals surface area contributed by atoms with Crippen molar-refractivity contribution in [1.29, 1.82) is 0 Å². The Morgan fingerprint density at radius 1 is 1.03 bits per heavy atom. The predicted octanol–water partition coefficient (Wildman–Crippen LogP) is 2.96. The number of nitrogen functional groups attached to an aromatic ring is 1. The molecule has 2 heterocycles. The van der Waals surface area contributed by atoms with Crippen LogP contribution in [0, 0.1) is 0 Å². The van der Waals surface area contributed by atoms with Gasteiger partial charge in [0, 0.05) is 35.4 Å². The van der Waals surface area contributed by atoms with E-state index in [1.165, 1.54) is 5.56 Å². The van der Waals surface area contributed by atoms with Gasteiger partial charge in [-0.25, -0.2) is 0 Å². The second kappa shape index (κ2) is 9.06. The van der Waals surface area contributed by atoms with Crippen molar-refractivity contribution in [3.63, 3.8) is 0 Å². The monoisotopic (exact) mass is 426 g/mol.